The van der Waals surface area contributed by atoms with Gasteiger partial charge in [0.2, 0.25) is 5.91 Å². The maximum Gasteiger partial charge on any atom is 0.256 e. The molecule has 0 aliphatic carbocycles. The molecule has 0 spiro atoms. The van der Waals surface area contributed by atoms with Gasteiger partial charge in [-0.2, -0.15) is 0 Å². The van der Waals surface area contributed by atoms with Crippen LogP contribution in [0.3, 0.4) is 0 Å². The number of halogens is 3. The third-order valence-corrected chi connectivity index (χ3v) is 6.99. The molecule has 0 aliphatic heterocycles. The average Bonchev–Trinajstić information content (AvgIpc) is 2.58. The van der Waals surface area contributed by atoms with Crippen LogP contribution < -0.4 is 20.1 Å². The number of rotatable bonds is 5. The van der Waals surface area contributed by atoms with E-state index in [0.29, 0.717) is 28.4 Å². The Bertz CT molecular complexity index is 872. The molecule has 0 atom stereocenters. The molecule has 2 amide bonds. The van der Waals surface area contributed by atoms with Crippen LogP contribution in [0.1, 0.15) is 17.3 Å². The Labute approximate surface area is 192 Å². The fraction of sp³-hybridized carbons (Fsp3) is 0.176. The van der Waals surface area contributed by atoms with Crippen LogP contribution in [0.15, 0.2) is 24.3 Å². The van der Waals surface area contributed by atoms with Crippen molar-refractivity contribution < 1.29 is 19.1 Å². The lowest BCUT2D eigenvalue weighted by atomic mass is 10.2. The number of amides is 2. The highest BCUT2D eigenvalue weighted by molar-refractivity contribution is 14.1. The molecular formula is C17H15I3N2O4. The summed E-state index contributed by atoms with van der Waals surface area (Å²) in [5.41, 5.74) is 1.50. The first-order valence-corrected chi connectivity index (χ1v) is 10.5. The summed E-state index contributed by atoms with van der Waals surface area (Å²) in [6.07, 6.45) is 0. The van der Waals surface area contributed by atoms with E-state index in [9.17, 15) is 9.59 Å². The van der Waals surface area contributed by atoms with E-state index in [1.165, 1.54) is 21.1 Å². The van der Waals surface area contributed by atoms with E-state index in [-0.39, 0.29) is 11.8 Å². The molecule has 2 N–H and O–H groups in total. The summed E-state index contributed by atoms with van der Waals surface area (Å²) in [4.78, 5) is 24.1. The first kappa shape index (κ1) is 21.5. The molecule has 138 valence electrons. The molecule has 2 aromatic carbocycles. The second-order valence-corrected chi connectivity index (χ2v) is 8.62. The van der Waals surface area contributed by atoms with Gasteiger partial charge in [-0.3, -0.25) is 9.59 Å². The van der Waals surface area contributed by atoms with Crippen molar-refractivity contribution in [3.63, 3.8) is 0 Å². The van der Waals surface area contributed by atoms with Crippen molar-refractivity contribution in [1.82, 2.24) is 0 Å². The summed E-state index contributed by atoms with van der Waals surface area (Å²) in [7, 11) is 2.98. The molecule has 0 aliphatic rings. The van der Waals surface area contributed by atoms with Crippen molar-refractivity contribution in [1.29, 1.82) is 0 Å². The molecule has 0 radical (unpaired) electrons. The summed E-state index contributed by atoms with van der Waals surface area (Å²) >= 11 is 6.54. The maximum absolute atomic E-state index is 12.8. The van der Waals surface area contributed by atoms with Crippen LogP contribution in [0.4, 0.5) is 11.4 Å². The van der Waals surface area contributed by atoms with Crippen molar-refractivity contribution in [2.75, 3.05) is 24.9 Å². The summed E-state index contributed by atoms with van der Waals surface area (Å²) < 4.78 is 13.5. The highest BCUT2D eigenvalue weighted by Crippen LogP contribution is 2.37. The maximum atomic E-state index is 12.8. The lowest BCUT2D eigenvalue weighted by molar-refractivity contribution is -0.114. The number of methoxy groups -OCH3 is 2. The summed E-state index contributed by atoms with van der Waals surface area (Å²) in [5, 5.41) is 5.54. The number of hydrogen-bond acceptors (Lipinski definition) is 4. The Balaban J connectivity index is 2.42. The minimum atomic E-state index is -0.251. The van der Waals surface area contributed by atoms with Gasteiger partial charge in [0.1, 0.15) is 11.5 Å². The zero-order valence-corrected chi connectivity index (χ0v) is 20.5. The molecule has 0 saturated carbocycles. The number of benzene rings is 2. The van der Waals surface area contributed by atoms with Crippen molar-refractivity contribution in [3.05, 3.63) is 40.5 Å². The molecule has 26 heavy (non-hydrogen) atoms. The summed E-state index contributed by atoms with van der Waals surface area (Å²) in [5.74, 6) is 0.352. The van der Waals surface area contributed by atoms with Gasteiger partial charge in [0, 0.05) is 29.8 Å². The minimum absolute atomic E-state index is 0.231. The van der Waals surface area contributed by atoms with Crippen molar-refractivity contribution in [3.8, 4) is 11.5 Å². The van der Waals surface area contributed by atoms with Gasteiger partial charge < -0.3 is 20.1 Å². The number of ether oxygens (including phenoxy) is 2. The predicted octanol–water partition coefficient (Wildman–Crippen LogP) is 4.73. The fourth-order valence-electron chi connectivity index (χ4n) is 2.19. The molecule has 2 rings (SSSR count). The lowest BCUT2D eigenvalue weighted by Crippen LogP contribution is -2.16. The normalized spacial score (nSPS) is 10.2. The summed E-state index contributed by atoms with van der Waals surface area (Å²) in [6.45, 7) is 1.40. The topological polar surface area (TPSA) is 76.7 Å². The highest BCUT2D eigenvalue weighted by atomic mass is 127. The van der Waals surface area contributed by atoms with E-state index < -0.39 is 0 Å². The first-order valence-electron chi connectivity index (χ1n) is 7.26. The number of hydrogen-bond donors (Lipinski definition) is 2. The minimum Gasteiger partial charge on any atom is -0.494 e. The van der Waals surface area contributed by atoms with Crippen LogP contribution in [-0.4, -0.2) is 26.0 Å². The van der Waals surface area contributed by atoms with E-state index in [1.807, 2.05) is 12.1 Å². The van der Waals surface area contributed by atoms with Gasteiger partial charge in [-0.1, -0.05) is 0 Å². The molecule has 0 saturated heterocycles. The Morgan fingerprint density at radius 1 is 0.885 bits per heavy atom. The van der Waals surface area contributed by atoms with E-state index in [2.05, 4.69) is 78.4 Å². The van der Waals surface area contributed by atoms with E-state index in [1.54, 1.807) is 12.1 Å². The zero-order valence-electron chi connectivity index (χ0n) is 14.1. The largest absolute Gasteiger partial charge is 0.494 e. The lowest BCUT2D eigenvalue weighted by Gasteiger charge is -2.16. The standard InChI is InChI=1S/C17H15I3N2O4/c1-8(23)21-12-6-15(26-3)13(7-14(12)25-2)22-17(24)10-4-9(18)5-11(19)16(10)20/h4-7H,1-3H3,(H,21,23)(H,22,24). The molecule has 0 bridgehead atoms. The van der Waals surface area contributed by atoms with Gasteiger partial charge in [0.15, 0.2) is 0 Å². The molecule has 0 aromatic heterocycles. The van der Waals surface area contributed by atoms with Crippen LogP contribution in [0.2, 0.25) is 0 Å². The Kier molecular flexibility index (Phi) is 7.76. The Morgan fingerprint density at radius 2 is 1.42 bits per heavy atom. The van der Waals surface area contributed by atoms with Crippen LogP contribution in [0.5, 0.6) is 11.5 Å². The number of nitrogens with one attached hydrogen (secondary N) is 2. The third-order valence-electron chi connectivity index (χ3n) is 3.32. The molecule has 9 heteroatoms. The van der Waals surface area contributed by atoms with Gasteiger partial charge in [-0.05, 0) is 79.9 Å². The summed E-state index contributed by atoms with van der Waals surface area (Å²) in [6, 6.07) is 7.06. The SMILES string of the molecule is COc1cc(NC(=O)c2cc(I)cc(I)c2I)c(OC)cc1NC(C)=O. The number of carbonyl (C=O) groups excluding carboxylic acids is 2. The highest BCUT2D eigenvalue weighted by Gasteiger charge is 2.18. The fourth-order valence-corrected chi connectivity index (χ4v) is 4.59. The number of carbonyl (C=O) groups is 2. The quantitative estimate of drug-likeness (QED) is 0.352. The predicted molar refractivity (Wildman–Crippen MR) is 126 cm³/mol. The number of anilines is 2. The Morgan fingerprint density at radius 3 is 1.92 bits per heavy atom. The van der Waals surface area contributed by atoms with Gasteiger partial charge in [-0.15, -0.1) is 0 Å². The van der Waals surface area contributed by atoms with Crippen molar-refractivity contribution >= 4 is 91.0 Å². The monoisotopic (exact) mass is 692 g/mol. The average molecular weight is 692 g/mol. The van der Waals surface area contributed by atoms with Gasteiger partial charge in [0.05, 0.1) is 31.2 Å². The van der Waals surface area contributed by atoms with Crippen LogP contribution in [0, 0.1) is 10.7 Å². The Hall–Kier alpha value is -0.830. The third kappa shape index (κ3) is 5.12. The van der Waals surface area contributed by atoms with Gasteiger partial charge >= 0.3 is 0 Å². The second-order valence-electron chi connectivity index (χ2n) is 5.14. The molecule has 0 unspecified atom stereocenters. The van der Waals surface area contributed by atoms with E-state index >= 15 is 0 Å². The molecule has 0 fully saturated rings. The van der Waals surface area contributed by atoms with Gasteiger partial charge in [-0.25, -0.2) is 0 Å². The van der Waals surface area contributed by atoms with Gasteiger partial charge in [0.25, 0.3) is 5.91 Å². The van der Waals surface area contributed by atoms with E-state index in [4.69, 9.17) is 9.47 Å². The van der Waals surface area contributed by atoms with Crippen LogP contribution >= 0.6 is 67.8 Å². The van der Waals surface area contributed by atoms with Crippen molar-refractivity contribution in [2.45, 2.75) is 6.92 Å². The molecule has 0 heterocycles. The second kappa shape index (κ2) is 9.39. The first-order chi connectivity index (χ1) is 12.3. The molecule has 2 aromatic rings. The van der Waals surface area contributed by atoms with E-state index in [0.717, 1.165) is 10.7 Å². The smallest absolute Gasteiger partial charge is 0.256 e. The zero-order chi connectivity index (χ0) is 19.4. The molecule has 6 nitrogen and oxygen atoms in total. The van der Waals surface area contributed by atoms with Crippen molar-refractivity contribution in [2.24, 2.45) is 0 Å². The van der Waals surface area contributed by atoms with Crippen LogP contribution in [-0.2, 0) is 4.79 Å². The van der Waals surface area contributed by atoms with Crippen LogP contribution in [0.25, 0.3) is 0 Å². The molecular weight excluding hydrogens is 677 g/mol.